The van der Waals surface area contributed by atoms with E-state index in [1.165, 1.54) is 6.07 Å². The van der Waals surface area contributed by atoms with Gasteiger partial charge in [-0.25, -0.2) is 9.18 Å². The van der Waals surface area contributed by atoms with Crippen LogP contribution in [-0.2, 0) is 14.4 Å². The van der Waals surface area contributed by atoms with E-state index in [2.05, 4.69) is 5.32 Å². The predicted octanol–water partition coefficient (Wildman–Crippen LogP) is 2.84. The topological polar surface area (TPSA) is 71.1 Å². The number of hydrogen-bond acceptors (Lipinski definition) is 5. The fraction of sp³-hybridized carbons (Fsp3) is 0.556. The molecule has 1 aromatic carbocycles. The van der Waals surface area contributed by atoms with Crippen LogP contribution in [0.1, 0.15) is 34.1 Å². The SMILES string of the molecule is CCON(C=O)c1ccc(N2CC[C@H](NC(=O)OC(C)(C)C)C2)c(F)c1. The first-order chi connectivity index (χ1) is 12.2. The summed E-state index contributed by atoms with van der Waals surface area (Å²) in [6, 6.07) is 4.38. The molecule has 0 bridgehead atoms. The van der Waals surface area contributed by atoms with Gasteiger partial charge in [0.15, 0.2) is 0 Å². The van der Waals surface area contributed by atoms with E-state index in [9.17, 15) is 14.0 Å². The third-order valence-corrected chi connectivity index (χ3v) is 3.80. The number of hydrogen-bond donors (Lipinski definition) is 1. The maximum atomic E-state index is 14.5. The van der Waals surface area contributed by atoms with Crippen molar-refractivity contribution < 1.29 is 23.6 Å². The molecule has 1 heterocycles. The average molecular weight is 367 g/mol. The van der Waals surface area contributed by atoms with E-state index in [1.807, 2.05) is 4.90 Å². The minimum absolute atomic E-state index is 0.112. The minimum Gasteiger partial charge on any atom is -0.444 e. The van der Waals surface area contributed by atoms with E-state index < -0.39 is 17.5 Å². The van der Waals surface area contributed by atoms with Crippen molar-refractivity contribution in [2.24, 2.45) is 0 Å². The smallest absolute Gasteiger partial charge is 0.407 e. The maximum absolute atomic E-state index is 14.5. The minimum atomic E-state index is -0.560. The first-order valence-electron chi connectivity index (χ1n) is 8.65. The van der Waals surface area contributed by atoms with Gasteiger partial charge in [0.05, 0.1) is 24.0 Å². The molecule has 2 rings (SSSR count). The van der Waals surface area contributed by atoms with Crippen molar-refractivity contribution in [3.63, 3.8) is 0 Å². The van der Waals surface area contributed by atoms with E-state index in [0.29, 0.717) is 43.9 Å². The van der Waals surface area contributed by atoms with Crippen LogP contribution in [0.4, 0.5) is 20.6 Å². The second-order valence-electron chi connectivity index (χ2n) is 7.06. The molecule has 0 aromatic heterocycles. The molecule has 8 heteroatoms. The Morgan fingerprint density at radius 1 is 1.46 bits per heavy atom. The number of benzene rings is 1. The van der Waals surface area contributed by atoms with Gasteiger partial charge in [0.2, 0.25) is 6.41 Å². The lowest BCUT2D eigenvalue weighted by molar-refractivity contribution is -0.113. The van der Waals surface area contributed by atoms with Gasteiger partial charge in [-0.3, -0.25) is 9.63 Å². The first-order valence-corrected chi connectivity index (χ1v) is 8.65. The van der Waals surface area contributed by atoms with Crippen LogP contribution in [0.15, 0.2) is 18.2 Å². The number of ether oxygens (including phenoxy) is 1. The molecular formula is C18H26FN3O4. The normalized spacial score (nSPS) is 17.1. The Balaban J connectivity index is 2.00. The Morgan fingerprint density at radius 2 is 2.19 bits per heavy atom. The summed E-state index contributed by atoms with van der Waals surface area (Å²) in [6.07, 6.45) is 0.715. The quantitative estimate of drug-likeness (QED) is 0.618. The molecule has 1 atom stereocenters. The highest BCUT2D eigenvalue weighted by molar-refractivity contribution is 5.73. The molecule has 1 fully saturated rings. The number of carbonyl (C=O) groups is 2. The van der Waals surface area contributed by atoms with Crippen LogP contribution < -0.4 is 15.3 Å². The zero-order valence-electron chi connectivity index (χ0n) is 15.6. The molecule has 0 saturated carbocycles. The van der Waals surface area contributed by atoms with Crippen molar-refractivity contribution in [2.75, 3.05) is 29.7 Å². The molecule has 26 heavy (non-hydrogen) atoms. The van der Waals surface area contributed by atoms with Crippen LogP contribution in [-0.4, -0.2) is 43.8 Å². The van der Waals surface area contributed by atoms with Crippen LogP contribution in [0, 0.1) is 5.82 Å². The van der Waals surface area contributed by atoms with Gasteiger partial charge in [-0.2, -0.15) is 5.06 Å². The monoisotopic (exact) mass is 367 g/mol. The van der Waals surface area contributed by atoms with Crippen LogP contribution >= 0.6 is 0 Å². The van der Waals surface area contributed by atoms with Crippen molar-refractivity contribution in [2.45, 2.75) is 45.8 Å². The number of nitrogens with zero attached hydrogens (tertiary/aromatic N) is 2. The largest absolute Gasteiger partial charge is 0.444 e. The van der Waals surface area contributed by atoms with E-state index in [1.54, 1.807) is 39.8 Å². The fourth-order valence-corrected chi connectivity index (χ4v) is 2.77. The number of hydroxylamine groups is 1. The van der Waals surface area contributed by atoms with Gasteiger partial charge in [-0.15, -0.1) is 0 Å². The summed E-state index contributed by atoms with van der Waals surface area (Å²) in [5.41, 5.74) is 0.185. The molecule has 0 unspecified atom stereocenters. The Kier molecular flexibility index (Phi) is 6.42. The number of amides is 2. The summed E-state index contributed by atoms with van der Waals surface area (Å²) in [7, 11) is 0. The molecule has 1 aliphatic rings. The van der Waals surface area contributed by atoms with E-state index in [0.717, 1.165) is 5.06 Å². The summed E-state index contributed by atoms with van der Waals surface area (Å²) in [5, 5.41) is 3.80. The third-order valence-electron chi connectivity index (χ3n) is 3.80. The van der Waals surface area contributed by atoms with E-state index in [-0.39, 0.29) is 6.04 Å². The highest BCUT2D eigenvalue weighted by Crippen LogP contribution is 2.27. The number of nitrogens with one attached hydrogen (secondary N) is 1. The van der Waals surface area contributed by atoms with Gasteiger partial charge >= 0.3 is 6.09 Å². The fourth-order valence-electron chi connectivity index (χ4n) is 2.77. The van der Waals surface area contributed by atoms with Crippen molar-refractivity contribution in [3.8, 4) is 0 Å². The Labute approximate surface area is 153 Å². The Morgan fingerprint density at radius 3 is 2.77 bits per heavy atom. The van der Waals surface area contributed by atoms with Crippen molar-refractivity contribution >= 4 is 23.9 Å². The van der Waals surface area contributed by atoms with Gasteiger partial charge in [0.1, 0.15) is 11.4 Å². The lowest BCUT2D eigenvalue weighted by Gasteiger charge is -2.23. The molecule has 1 aliphatic heterocycles. The molecule has 1 N–H and O–H groups in total. The standard InChI is InChI=1S/C18H26FN3O4/c1-5-25-22(12-23)14-6-7-16(15(19)10-14)21-9-8-13(11-21)20-17(24)26-18(2,3)4/h6-7,10,12-13H,5,8-9,11H2,1-4H3,(H,20,24)/t13-/m0/s1. The van der Waals surface area contributed by atoms with Crippen molar-refractivity contribution in [1.29, 1.82) is 0 Å². The summed E-state index contributed by atoms with van der Waals surface area (Å²) < 4.78 is 19.7. The van der Waals surface area contributed by atoms with Crippen molar-refractivity contribution in [1.82, 2.24) is 5.32 Å². The Hall–Kier alpha value is -2.35. The Bertz CT molecular complexity index is 648. The average Bonchev–Trinajstić information content (AvgIpc) is 2.98. The van der Waals surface area contributed by atoms with Crippen LogP contribution in [0.2, 0.25) is 0 Å². The van der Waals surface area contributed by atoms with Gasteiger partial charge in [-0.1, -0.05) is 0 Å². The molecule has 0 spiro atoms. The zero-order valence-corrected chi connectivity index (χ0v) is 15.6. The number of carbonyl (C=O) groups excluding carboxylic acids is 2. The zero-order chi connectivity index (χ0) is 19.3. The molecule has 1 saturated heterocycles. The lowest BCUT2D eigenvalue weighted by atomic mass is 10.2. The molecular weight excluding hydrogens is 341 g/mol. The molecule has 2 amide bonds. The van der Waals surface area contributed by atoms with Crippen LogP contribution in [0.5, 0.6) is 0 Å². The van der Waals surface area contributed by atoms with Gasteiger partial charge < -0.3 is 15.0 Å². The highest BCUT2D eigenvalue weighted by Gasteiger charge is 2.27. The number of halogens is 1. The molecule has 7 nitrogen and oxygen atoms in total. The number of anilines is 2. The predicted molar refractivity (Wildman–Crippen MR) is 96.6 cm³/mol. The van der Waals surface area contributed by atoms with E-state index >= 15 is 0 Å². The second kappa shape index (κ2) is 8.35. The second-order valence-corrected chi connectivity index (χ2v) is 7.06. The molecule has 1 aromatic rings. The summed E-state index contributed by atoms with van der Waals surface area (Å²) in [5.74, 6) is -0.452. The molecule has 0 radical (unpaired) electrons. The number of alkyl carbamates (subject to hydrolysis) is 1. The summed E-state index contributed by atoms with van der Waals surface area (Å²) >= 11 is 0. The molecule has 144 valence electrons. The first kappa shape index (κ1) is 20.0. The number of rotatable bonds is 6. The van der Waals surface area contributed by atoms with Gasteiger partial charge in [-0.05, 0) is 46.2 Å². The maximum Gasteiger partial charge on any atom is 0.407 e. The van der Waals surface area contributed by atoms with Gasteiger partial charge in [0.25, 0.3) is 0 Å². The lowest BCUT2D eigenvalue weighted by Crippen LogP contribution is -2.40. The van der Waals surface area contributed by atoms with Gasteiger partial charge in [0, 0.05) is 19.2 Å². The summed E-state index contributed by atoms with van der Waals surface area (Å²) in [4.78, 5) is 29.8. The van der Waals surface area contributed by atoms with Crippen molar-refractivity contribution in [3.05, 3.63) is 24.0 Å². The van der Waals surface area contributed by atoms with Crippen LogP contribution in [0.3, 0.4) is 0 Å². The van der Waals surface area contributed by atoms with Crippen LogP contribution in [0.25, 0.3) is 0 Å². The van der Waals surface area contributed by atoms with E-state index in [4.69, 9.17) is 9.57 Å². The molecule has 0 aliphatic carbocycles. The third kappa shape index (κ3) is 5.32. The highest BCUT2D eigenvalue weighted by atomic mass is 19.1. The summed E-state index contributed by atoms with van der Waals surface area (Å²) in [6.45, 7) is 8.54.